The summed E-state index contributed by atoms with van der Waals surface area (Å²) < 4.78 is 23.6. The average molecular weight is 613 g/mol. The number of hydrogen-bond acceptors (Lipinski definition) is 8. The number of hydrogen-bond donors (Lipinski definition) is 3. The van der Waals surface area contributed by atoms with Gasteiger partial charge in [0.2, 0.25) is 11.8 Å². The van der Waals surface area contributed by atoms with Crippen LogP contribution in [0.15, 0.2) is 47.0 Å². The fourth-order valence-electron chi connectivity index (χ4n) is 5.04. The molecule has 3 rings (SSSR count). The summed E-state index contributed by atoms with van der Waals surface area (Å²) in [5, 5.41) is 12.1. The largest absolute Gasteiger partial charge is 0.463 e. The van der Waals surface area contributed by atoms with Crippen molar-refractivity contribution in [3.8, 4) is 0 Å². The van der Waals surface area contributed by atoms with Crippen LogP contribution in [0.5, 0.6) is 0 Å². The molecule has 1 aromatic carbocycles. The second-order valence-corrected chi connectivity index (χ2v) is 11.4. The van der Waals surface area contributed by atoms with Crippen molar-refractivity contribution in [3.05, 3.63) is 65.3 Å². The van der Waals surface area contributed by atoms with Gasteiger partial charge in [-0.05, 0) is 63.1 Å². The molecule has 2 aromatic rings. The van der Waals surface area contributed by atoms with Crippen LogP contribution in [-0.2, 0) is 30.3 Å². The molecule has 1 saturated heterocycles. The van der Waals surface area contributed by atoms with E-state index in [1.807, 2.05) is 13.8 Å². The monoisotopic (exact) mass is 612 g/mol. The minimum Gasteiger partial charge on any atom is -0.463 e. The van der Waals surface area contributed by atoms with Crippen molar-refractivity contribution in [1.82, 2.24) is 21.1 Å². The number of aromatic nitrogens is 1. The Hall–Kier alpha value is -4.35. The summed E-state index contributed by atoms with van der Waals surface area (Å²) in [5.41, 5.74) is 0.674. The number of ketones is 1. The predicted octanol–water partition coefficient (Wildman–Crippen LogP) is 3.22. The van der Waals surface area contributed by atoms with Crippen LogP contribution in [0.1, 0.15) is 68.3 Å². The lowest BCUT2D eigenvalue weighted by atomic mass is 9.88. The van der Waals surface area contributed by atoms with Gasteiger partial charge in [0.1, 0.15) is 11.6 Å². The first-order valence-electron chi connectivity index (χ1n) is 14.9. The zero-order valence-electron chi connectivity index (χ0n) is 25.6. The normalized spacial score (nSPS) is 16.8. The molecule has 0 aliphatic carbocycles. The second kappa shape index (κ2) is 16.5. The summed E-state index contributed by atoms with van der Waals surface area (Å²) in [6.07, 6.45) is 3.73. The third kappa shape index (κ3) is 10.7. The molecule has 4 atom stereocenters. The number of esters is 1. The highest BCUT2D eigenvalue weighted by atomic mass is 19.1. The van der Waals surface area contributed by atoms with Crippen LogP contribution in [0.25, 0.3) is 0 Å². The van der Waals surface area contributed by atoms with Crippen LogP contribution in [0.4, 0.5) is 4.39 Å². The number of benzene rings is 1. The fraction of sp³-hybridized carbons (Fsp3) is 0.500. The van der Waals surface area contributed by atoms with Crippen LogP contribution in [0.3, 0.4) is 0 Å². The molecule has 0 bridgehead atoms. The summed E-state index contributed by atoms with van der Waals surface area (Å²) in [7, 11) is 0. The number of ether oxygens (including phenoxy) is 1. The maximum atomic E-state index is 13.8. The number of Topliss-reactive ketones (excluding diaryl/α,β-unsaturated/α-hetero) is 1. The quantitative estimate of drug-likeness (QED) is 0.193. The Morgan fingerprint density at radius 1 is 1.18 bits per heavy atom. The molecule has 0 saturated carbocycles. The maximum absolute atomic E-state index is 13.8. The van der Waals surface area contributed by atoms with Gasteiger partial charge in [-0.15, -0.1) is 0 Å². The number of carbonyl (C=O) groups excluding carboxylic acids is 5. The molecule has 0 radical (unpaired) electrons. The number of aryl methyl sites for hydroxylation is 1. The zero-order valence-corrected chi connectivity index (χ0v) is 25.6. The Labute approximate surface area is 256 Å². The van der Waals surface area contributed by atoms with Gasteiger partial charge in [-0.25, -0.2) is 9.18 Å². The number of nitrogens with zero attached hydrogens (tertiary/aromatic N) is 1. The topological polar surface area (TPSA) is 157 Å². The third-order valence-corrected chi connectivity index (χ3v) is 7.26. The highest BCUT2D eigenvalue weighted by Crippen LogP contribution is 2.21. The molecule has 11 nitrogen and oxygen atoms in total. The van der Waals surface area contributed by atoms with Gasteiger partial charge in [0.05, 0.1) is 12.6 Å². The lowest BCUT2D eigenvalue weighted by Gasteiger charge is -2.24. The number of nitrogens with one attached hydrogen (secondary N) is 3. The van der Waals surface area contributed by atoms with Crippen LogP contribution >= 0.6 is 0 Å². The van der Waals surface area contributed by atoms with E-state index in [1.54, 1.807) is 26.0 Å². The van der Waals surface area contributed by atoms with E-state index in [4.69, 9.17) is 9.26 Å². The van der Waals surface area contributed by atoms with Crippen molar-refractivity contribution >= 4 is 29.5 Å². The van der Waals surface area contributed by atoms with Gasteiger partial charge in [-0.3, -0.25) is 19.2 Å². The molecule has 44 heavy (non-hydrogen) atoms. The molecule has 1 aliphatic heterocycles. The molecule has 2 heterocycles. The van der Waals surface area contributed by atoms with Gasteiger partial charge < -0.3 is 25.2 Å². The Bertz CT molecular complexity index is 1340. The molecule has 12 heteroatoms. The average Bonchev–Trinajstić information content (AvgIpc) is 3.59. The van der Waals surface area contributed by atoms with Crippen molar-refractivity contribution in [1.29, 1.82) is 0 Å². The molecular weight excluding hydrogens is 571 g/mol. The standard InChI is InChI=1S/C32H41FN4O7/c1-5-43-29(39)11-10-25(17-22-12-13-34-30(22)40)35-31(41)23(16-21-6-8-24(33)9-7-21)18-28(38)26(14-19(2)3)36-32(42)27-15-20(4)44-37-27/h6-11,15,19,22-23,25-26H,5,12-14,16-18H2,1-4H3,(H,34,40)(H,35,41)(H,36,42)/b11-10+/t22-,23+,25+,26-/m0/s1. The summed E-state index contributed by atoms with van der Waals surface area (Å²) >= 11 is 0. The van der Waals surface area contributed by atoms with Crippen LogP contribution in [0.2, 0.25) is 0 Å². The lowest BCUT2D eigenvalue weighted by Crippen LogP contribution is -2.45. The molecule has 1 fully saturated rings. The van der Waals surface area contributed by atoms with E-state index in [0.29, 0.717) is 30.7 Å². The maximum Gasteiger partial charge on any atom is 0.330 e. The molecule has 1 aromatic heterocycles. The summed E-state index contributed by atoms with van der Waals surface area (Å²) in [6, 6.07) is 5.50. The van der Waals surface area contributed by atoms with Gasteiger partial charge >= 0.3 is 5.97 Å². The first-order chi connectivity index (χ1) is 20.9. The molecule has 0 unspecified atom stereocenters. The van der Waals surface area contributed by atoms with Crippen molar-refractivity contribution in [2.24, 2.45) is 17.8 Å². The first-order valence-corrected chi connectivity index (χ1v) is 14.9. The van der Waals surface area contributed by atoms with Crippen LogP contribution in [-0.4, -0.2) is 59.9 Å². The summed E-state index contributed by atoms with van der Waals surface area (Å²) in [4.78, 5) is 64.6. The first kappa shape index (κ1) is 34.1. The van der Waals surface area contributed by atoms with E-state index in [1.165, 1.54) is 30.4 Å². The Morgan fingerprint density at radius 3 is 2.50 bits per heavy atom. The molecular formula is C32H41FN4O7. The lowest BCUT2D eigenvalue weighted by molar-refractivity contribution is -0.137. The van der Waals surface area contributed by atoms with Gasteiger partial charge in [-0.1, -0.05) is 37.2 Å². The zero-order chi connectivity index (χ0) is 32.2. The smallest absolute Gasteiger partial charge is 0.330 e. The van der Waals surface area contributed by atoms with Gasteiger partial charge in [0.25, 0.3) is 5.91 Å². The van der Waals surface area contributed by atoms with Gasteiger partial charge in [0, 0.05) is 43.0 Å². The van der Waals surface area contributed by atoms with Crippen molar-refractivity contribution in [2.75, 3.05) is 13.2 Å². The second-order valence-electron chi connectivity index (χ2n) is 11.4. The SMILES string of the molecule is CCOC(=O)/C=C/[C@H](C[C@@H]1CCNC1=O)NC(=O)[C@@H](CC(=O)[C@H](CC(C)C)NC(=O)c1cc(C)on1)Cc1ccc(F)cc1. The summed E-state index contributed by atoms with van der Waals surface area (Å²) in [5.74, 6) is -3.35. The van der Waals surface area contributed by atoms with Crippen LogP contribution in [0, 0.1) is 30.5 Å². The Balaban J connectivity index is 1.84. The number of rotatable bonds is 16. The van der Waals surface area contributed by atoms with E-state index in [0.717, 1.165) is 0 Å². The minimum absolute atomic E-state index is 0.0387. The fourth-order valence-corrected chi connectivity index (χ4v) is 5.04. The van der Waals surface area contributed by atoms with E-state index >= 15 is 0 Å². The van der Waals surface area contributed by atoms with Gasteiger partial charge in [-0.2, -0.15) is 0 Å². The van der Waals surface area contributed by atoms with E-state index < -0.39 is 41.6 Å². The molecule has 3 N–H and O–H groups in total. The molecule has 238 valence electrons. The number of amides is 3. The highest BCUT2D eigenvalue weighted by molar-refractivity contribution is 5.97. The molecule has 0 spiro atoms. The molecule has 1 aliphatic rings. The number of carbonyl (C=O) groups is 5. The van der Waals surface area contributed by atoms with E-state index in [9.17, 15) is 28.4 Å². The van der Waals surface area contributed by atoms with Crippen molar-refractivity contribution in [3.63, 3.8) is 0 Å². The highest BCUT2D eigenvalue weighted by Gasteiger charge is 2.32. The third-order valence-electron chi connectivity index (χ3n) is 7.26. The minimum atomic E-state index is -0.898. The van der Waals surface area contributed by atoms with Crippen LogP contribution < -0.4 is 16.0 Å². The van der Waals surface area contributed by atoms with E-state index in [-0.39, 0.29) is 55.1 Å². The Kier molecular flexibility index (Phi) is 12.8. The van der Waals surface area contributed by atoms with Gasteiger partial charge in [0.15, 0.2) is 11.5 Å². The number of halogens is 1. The van der Waals surface area contributed by atoms with Crippen molar-refractivity contribution in [2.45, 2.75) is 71.9 Å². The van der Waals surface area contributed by atoms with E-state index in [2.05, 4.69) is 21.1 Å². The predicted molar refractivity (Wildman–Crippen MR) is 159 cm³/mol. The van der Waals surface area contributed by atoms with Crippen molar-refractivity contribution < 1.29 is 37.6 Å². The summed E-state index contributed by atoms with van der Waals surface area (Å²) in [6.45, 7) is 7.84. The Morgan fingerprint density at radius 2 is 1.91 bits per heavy atom. The molecule has 3 amide bonds.